The fourth-order valence-corrected chi connectivity index (χ4v) is 3.59. The van der Waals surface area contributed by atoms with E-state index in [4.69, 9.17) is 0 Å². The third-order valence-electron chi connectivity index (χ3n) is 4.25. The SMILES string of the molecule is Cc1cccc(N2CCN(Cc3cccs3)CC2)c1C. The number of benzene rings is 1. The molecule has 0 radical (unpaired) electrons. The monoisotopic (exact) mass is 286 g/mol. The van der Waals surface area contributed by atoms with E-state index in [0.717, 1.165) is 32.7 Å². The van der Waals surface area contributed by atoms with Gasteiger partial charge in [0.15, 0.2) is 0 Å². The molecule has 0 atom stereocenters. The predicted octanol–water partition coefficient (Wildman–Crippen LogP) is 3.69. The molecule has 20 heavy (non-hydrogen) atoms. The van der Waals surface area contributed by atoms with E-state index in [1.165, 1.54) is 21.7 Å². The van der Waals surface area contributed by atoms with Gasteiger partial charge < -0.3 is 4.90 Å². The summed E-state index contributed by atoms with van der Waals surface area (Å²) in [7, 11) is 0. The highest BCUT2D eigenvalue weighted by molar-refractivity contribution is 7.09. The van der Waals surface area contributed by atoms with Gasteiger partial charge in [0.1, 0.15) is 0 Å². The Bertz CT molecular complexity index is 554. The molecule has 0 aliphatic carbocycles. The number of rotatable bonds is 3. The van der Waals surface area contributed by atoms with Crippen LogP contribution in [0.5, 0.6) is 0 Å². The van der Waals surface area contributed by atoms with Crippen LogP contribution in [0.3, 0.4) is 0 Å². The van der Waals surface area contributed by atoms with Gasteiger partial charge in [-0.1, -0.05) is 18.2 Å². The van der Waals surface area contributed by atoms with Crippen molar-refractivity contribution >= 4 is 17.0 Å². The van der Waals surface area contributed by atoms with Gasteiger partial charge in [0, 0.05) is 43.3 Å². The van der Waals surface area contributed by atoms with Crippen molar-refractivity contribution in [2.45, 2.75) is 20.4 Å². The van der Waals surface area contributed by atoms with Crippen LogP contribution in [0.15, 0.2) is 35.7 Å². The Kier molecular flexibility index (Phi) is 4.08. The zero-order chi connectivity index (χ0) is 13.9. The van der Waals surface area contributed by atoms with Crippen molar-refractivity contribution in [3.63, 3.8) is 0 Å². The fraction of sp³-hybridized carbons (Fsp3) is 0.412. The topological polar surface area (TPSA) is 6.48 Å². The zero-order valence-corrected chi connectivity index (χ0v) is 13.1. The zero-order valence-electron chi connectivity index (χ0n) is 12.3. The van der Waals surface area contributed by atoms with Gasteiger partial charge in [-0.2, -0.15) is 0 Å². The van der Waals surface area contributed by atoms with Crippen LogP contribution in [0, 0.1) is 13.8 Å². The highest BCUT2D eigenvalue weighted by atomic mass is 32.1. The van der Waals surface area contributed by atoms with Crippen molar-refractivity contribution in [1.29, 1.82) is 0 Å². The van der Waals surface area contributed by atoms with E-state index >= 15 is 0 Å². The van der Waals surface area contributed by atoms with Crippen molar-refractivity contribution in [2.75, 3.05) is 31.1 Å². The van der Waals surface area contributed by atoms with E-state index in [0.29, 0.717) is 0 Å². The summed E-state index contributed by atoms with van der Waals surface area (Å²) in [6.07, 6.45) is 0. The first kappa shape index (κ1) is 13.7. The molecule has 0 unspecified atom stereocenters. The van der Waals surface area contributed by atoms with Gasteiger partial charge in [0.2, 0.25) is 0 Å². The molecule has 1 aliphatic heterocycles. The quantitative estimate of drug-likeness (QED) is 0.849. The summed E-state index contributed by atoms with van der Waals surface area (Å²) in [5.74, 6) is 0. The van der Waals surface area contributed by atoms with E-state index in [9.17, 15) is 0 Å². The Morgan fingerprint density at radius 1 is 1.00 bits per heavy atom. The maximum atomic E-state index is 2.56. The van der Waals surface area contributed by atoms with Gasteiger partial charge in [-0.25, -0.2) is 0 Å². The maximum Gasteiger partial charge on any atom is 0.0399 e. The molecule has 106 valence electrons. The van der Waals surface area contributed by atoms with Crippen LogP contribution in [0.1, 0.15) is 16.0 Å². The minimum Gasteiger partial charge on any atom is -0.369 e. The Hall–Kier alpha value is -1.32. The summed E-state index contributed by atoms with van der Waals surface area (Å²) < 4.78 is 0. The lowest BCUT2D eigenvalue weighted by Crippen LogP contribution is -2.46. The maximum absolute atomic E-state index is 2.56. The third-order valence-corrected chi connectivity index (χ3v) is 5.11. The molecule has 2 nitrogen and oxygen atoms in total. The van der Waals surface area contributed by atoms with Crippen LogP contribution >= 0.6 is 11.3 Å². The largest absolute Gasteiger partial charge is 0.369 e. The lowest BCUT2D eigenvalue weighted by molar-refractivity contribution is 0.252. The number of hydrogen-bond acceptors (Lipinski definition) is 3. The summed E-state index contributed by atoms with van der Waals surface area (Å²) in [6, 6.07) is 11.0. The van der Waals surface area contributed by atoms with Crippen molar-refractivity contribution in [3.05, 3.63) is 51.7 Å². The highest BCUT2D eigenvalue weighted by Gasteiger charge is 2.18. The summed E-state index contributed by atoms with van der Waals surface area (Å²) in [5, 5.41) is 2.17. The Labute approximate surface area is 125 Å². The minimum atomic E-state index is 1.11. The second-order valence-corrected chi connectivity index (χ2v) is 6.59. The van der Waals surface area contributed by atoms with E-state index in [-0.39, 0.29) is 0 Å². The molecule has 0 bridgehead atoms. The number of nitrogens with zero attached hydrogens (tertiary/aromatic N) is 2. The van der Waals surface area contributed by atoms with Gasteiger partial charge in [-0.3, -0.25) is 4.90 Å². The molecule has 2 aromatic rings. The Morgan fingerprint density at radius 2 is 1.80 bits per heavy atom. The number of piperazine rings is 1. The summed E-state index contributed by atoms with van der Waals surface area (Å²) in [4.78, 5) is 6.57. The first-order valence-corrected chi connectivity index (χ1v) is 8.18. The van der Waals surface area contributed by atoms with E-state index < -0.39 is 0 Å². The third kappa shape index (κ3) is 2.89. The first-order chi connectivity index (χ1) is 9.74. The lowest BCUT2D eigenvalue weighted by Gasteiger charge is -2.36. The van der Waals surface area contributed by atoms with Crippen molar-refractivity contribution in [3.8, 4) is 0 Å². The summed E-state index contributed by atoms with van der Waals surface area (Å²) in [6.45, 7) is 10.1. The van der Waals surface area contributed by atoms with Gasteiger partial charge in [-0.15, -0.1) is 11.3 Å². The van der Waals surface area contributed by atoms with E-state index in [1.54, 1.807) is 0 Å². The molecule has 1 aliphatic rings. The lowest BCUT2D eigenvalue weighted by atomic mass is 10.1. The van der Waals surface area contributed by atoms with Crippen LogP contribution in [0.25, 0.3) is 0 Å². The van der Waals surface area contributed by atoms with Crippen molar-refractivity contribution in [1.82, 2.24) is 4.90 Å². The molecule has 0 saturated carbocycles. The number of aryl methyl sites for hydroxylation is 1. The van der Waals surface area contributed by atoms with Gasteiger partial charge in [0.25, 0.3) is 0 Å². The normalized spacial score (nSPS) is 16.6. The van der Waals surface area contributed by atoms with Crippen LogP contribution < -0.4 is 4.90 Å². The standard InChI is InChI=1S/C17H22N2S/c1-14-5-3-7-17(15(14)2)19-10-8-18(9-11-19)13-16-6-4-12-20-16/h3-7,12H,8-11,13H2,1-2H3. The molecule has 3 rings (SSSR count). The van der Waals surface area contributed by atoms with E-state index in [2.05, 4.69) is 59.4 Å². The molecule has 1 aromatic heterocycles. The van der Waals surface area contributed by atoms with Gasteiger partial charge in [0.05, 0.1) is 0 Å². The van der Waals surface area contributed by atoms with Crippen LogP contribution in [-0.4, -0.2) is 31.1 Å². The summed E-state index contributed by atoms with van der Waals surface area (Å²) >= 11 is 1.86. The number of anilines is 1. The molecule has 0 spiro atoms. The van der Waals surface area contributed by atoms with Gasteiger partial charge >= 0.3 is 0 Å². The second kappa shape index (κ2) is 5.98. The fourth-order valence-electron chi connectivity index (χ4n) is 2.85. The van der Waals surface area contributed by atoms with Crippen LogP contribution in [0.4, 0.5) is 5.69 Å². The highest BCUT2D eigenvalue weighted by Crippen LogP contribution is 2.24. The smallest absolute Gasteiger partial charge is 0.0399 e. The predicted molar refractivity (Wildman–Crippen MR) is 87.7 cm³/mol. The molecule has 1 aromatic carbocycles. The molecule has 1 fully saturated rings. The Morgan fingerprint density at radius 3 is 2.50 bits per heavy atom. The average Bonchev–Trinajstić information content (AvgIpc) is 2.96. The minimum absolute atomic E-state index is 1.11. The molecule has 0 N–H and O–H groups in total. The first-order valence-electron chi connectivity index (χ1n) is 7.30. The molecular weight excluding hydrogens is 264 g/mol. The van der Waals surface area contributed by atoms with Crippen LogP contribution in [0.2, 0.25) is 0 Å². The number of thiophene rings is 1. The molecule has 0 amide bonds. The summed E-state index contributed by atoms with van der Waals surface area (Å²) in [5.41, 5.74) is 4.24. The Balaban J connectivity index is 1.62. The average molecular weight is 286 g/mol. The van der Waals surface area contributed by atoms with Crippen LogP contribution in [-0.2, 0) is 6.54 Å². The molecule has 1 saturated heterocycles. The second-order valence-electron chi connectivity index (χ2n) is 5.56. The van der Waals surface area contributed by atoms with Gasteiger partial charge in [-0.05, 0) is 42.5 Å². The number of hydrogen-bond donors (Lipinski definition) is 0. The molecule has 3 heteroatoms. The molecule has 2 heterocycles. The van der Waals surface area contributed by atoms with Crippen molar-refractivity contribution in [2.24, 2.45) is 0 Å². The van der Waals surface area contributed by atoms with Crippen molar-refractivity contribution < 1.29 is 0 Å². The van der Waals surface area contributed by atoms with E-state index in [1.807, 2.05) is 11.3 Å². The molecular formula is C17H22N2S.